The summed E-state index contributed by atoms with van der Waals surface area (Å²) in [7, 11) is 0. The Labute approximate surface area is 85.8 Å². The van der Waals surface area contributed by atoms with Crippen molar-refractivity contribution in [2.45, 2.75) is 46.5 Å². The summed E-state index contributed by atoms with van der Waals surface area (Å²) < 4.78 is 0. The highest BCUT2D eigenvalue weighted by Crippen LogP contribution is 2.42. The third-order valence-corrected chi connectivity index (χ3v) is 4.03. The van der Waals surface area contributed by atoms with E-state index in [-0.39, 0.29) is 10.7 Å². The van der Waals surface area contributed by atoms with E-state index in [1.165, 1.54) is 19.3 Å². The van der Waals surface area contributed by atoms with E-state index in [4.69, 9.17) is 11.6 Å². The average molecular weight is 203 g/mol. The van der Waals surface area contributed by atoms with Gasteiger partial charge in [-0.05, 0) is 29.9 Å². The molecule has 0 heterocycles. The van der Waals surface area contributed by atoms with Crippen molar-refractivity contribution >= 4 is 16.8 Å². The van der Waals surface area contributed by atoms with Gasteiger partial charge in [-0.1, -0.05) is 40.0 Å². The minimum atomic E-state index is -0.332. The Balaban J connectivity index is 2.73. The maximum absolute atomic E-state index is 11.3. The smallest absolute Gasteiger partial charge is 0.227 e. The molecule has 2 heteroatoms. The molecule has 1 aliphatic rings. The number of hydrogen-bond donors (Lipinski definition) is 0. The zero-order valence-electron chi connectivity index (χ0n) is 8.77. The van der Waals surface area contributed by atoms with Crippen LogP contribution in [0, 0.1) is 17.3 Å². The molecule has 76 valence electrons. The van der Waals surface area contributed by atoms with Gasteiger partial charge in [-0.3, -0.25) is 4.79 Å². The van der Waals surface area contributed by atoms with Gasteiger partial charge in [0.15, 0.2) is 0 Å². The largest absolute Gasteiger partial charge is 0.281 e. The molecular weight excluding hydrogens is 184 g/mol. The predicted molar refractivity (Wildman–Crippen MR) is 55.8 cm³/mol. The van der Waals surface area contributed by atoms with E-state index in [2.05, 4.69) is 6.92 Å². The van der Waals surface area contributed by atoms with Crippen molar-refractivity contribution in [1.82, 2.24) is 0 Å². The second kappa shape index (κ2) is 4.00. The van der Waals surface area contributed by atoms with Crippen molar-refractivity contribution in [3.8, 4) is 0 Å². The van der Waals surface area contributed by atoms with Crippen LogP contribution in [0.2, 0.25) is 0 Å². The number of hydrogen-bond acceptors (Lipinski definition) is 1. The lowest BCUT2D eigenvalue weighted by Crippen LogP contribution is -2.36. The first-order valence-electron chi connectivity index (χ1n) is 5.16. The second-order valence-corrected chi connectivity index (χ2v) is 5.21. The topological polar surface area (TPSA) is 17.1 Å². The highest BCUT2D eigenvalue weighted by atomic mass is 35.5. The first-order chi connectivity index (χ1) is 5.96. The van der Waals surface area contributed by atoms with Crippen LogP contribution in [0.15, 0.2) is 0 Å². The molecule has 0 bridgehead atoms. The third kappa shape index (κ3) is 2.25. The Morgan fingerprint density at radius 1 is 1.31 bits per heavy atom. The average Bonchev–Trinajstić information content (AvgIpc) is 2.04. The molecule has 1 fully saturated rings. The molecule has 0 spiro atoms. The van der Waals surface area contributed by atoms with Gasteiger partial charge in [0.1, 0.15) is 0 Å². The van der Waals surface area contributed by atoms with E-state index < -0.39 is 0 Å². The van der Waals surface area contributed by atoms with Gasteiger partial charge in [0.2, 0.25) is 5.24 Å². The molecule has 0 aromatic rings. The van der Waals surface area contributed by atoms with Crippen molar-refractivity contribution in [3.05, 3.63) is 0 Å². The molecule has 1 rings (SSSR count). The summed E-state index contributed by atoms with van der Waals surface area (Å²) in [5, 5.41) is -0.175. The van der Waals surface area contributed by atoms with Gasteiger partial charge >= 0.3 is 0 Å². The summed E-state index contributed by atoms with van der Waals surface area (Å²) in [5.74, 6) is 1.12. The van der Waals surface area contributed by atoms with E-state index in [1.807, 2.05) is 13.8 Å². The van der Waals surface area contributed by atoms with Crippen molar-refractivity contribution < 1.29 is 4.79 Å². The molecule has 0 N–H and O–H groups in total. The molecule has 1 nitrogen and oxygen atoms in total. The summed E-state index contributed by atoms with van der Waals surface area (Å²) in [6, 6.07) is 0. The number of carbonyl (C=O) groups excluding carboxylic acids is 1. The van der Waals surface area contributed by atoms with Gasteiger partial charge < -0.3 is 0 Å². The lowest BCUT2D eigenvalue weighted by Gasteiger charge is -2.38. The van der Waals surface area contributed by atoms with Gasteiger partial charge in [0.05, 0.1) is 0 Å². The molecule has 0 aromatic carbocycles. The Bertz CT molecular complexity index is 198. The van der Waals surface area contributed by atoms with Gasteiger partial charge in [0.25, 0.3) is 0 Å². The molecule has 0 radical (unpaired) electrons. The van der Waals surface area contributed by atoms with Crippen LogP contribution in [0.1, 0.15) is 46.5 Å². The van der Waals surface area contributed by atoms with Gasteiger partial charge in [-0.15, -0.1) is 0 Å². The highest BCUT2D eigenvalue weighted by Gasteiger charge is 2.39. The monoisotopic (exact) mass is 202 g/mol. The second-order valence-electron chi connectivity index (χ2n) is 4.86. The van der Waals surface area contributed by atoms with E-state index >= 15 is 0 Å². The molecule has 2 unspecified atom stereocenters. The van der Waals surface area contributed by atoms with Gasteiger partial charge in [0, 0.05) is 5.41 Å². The molecular formula is C11H19ClO. The highest BCUT2D eigenvalue weighted by molar-refractivity contribution is 6.64. The van der Waals surface area contributed by atoms with Crippen molar-refractivity contribution in [2.75, 3.05) is 0 Å². The van der Waals surface area contributed by atoms with E-state index in [0.717, 1.165) is 6.42 Å². The van der Waals surface area contributed by atoms with E-state index in [1.54, 1.807) is 0 Å². The van der Waals surface area contributed by atoms with Gasteiger partial charge in [-0.2, -0.15) is 0 Å². The van der Waals surface area contributed by atoms with Crippen LogP contribution >= 0.6 is 11.6 Å². The predicted octanol–water partition coefficient (Wildman–Crippen LogP) is 3.60. The van der Waals surface area contributed by atoms with Crippen LogP contribution in [0.3, 0.4) is 0 Å². The molecule has 0 amide bonds. The first kappa shape index (κ1) is 11.0. The van der Waals surface area contributed by atoms with Crippen molar-refractivity contribution in [3.63, 3.8) is 0 Å². The zero-order valence-corrected chi connectivity index (χ0v) is 9.53. The lowest BCUT2D eigenvalue weighted by atomic mass is 9.67. The molecule has 1 saturated carbocycles. The standard InChI is InChI=1S/C11H19ClO/c1-8-6-4-5-7-9(8)11(2,3)10(12)13/h8-9H,4-7H2,1-3H3. The zero-order chi connectivity index (χ0) is 10.1. The van der Waals surface area contributed by atoms with Crippen molar-refractivity contribution in [2.24, 2.45) is 17.3 Å². The van der Waals surface area contributed by atoms with Crippen LogP contribution < -0.4 is 0 Å². The minimum Gasteiger partial charge on any atom is -0.281 e. The maximum atomic E-state index is 11.3. The number of halogens is 1. The Hall–Kier alpha value is -0.0400. The summed E-state index contributed by atoms with van der Waals surface area (Å²) in [6.45, 7) is 6.20. The van der Waals surface area contributed by atoms with Crippen LogP contribution in [-0.4, -0.2) is 5.24 Å². The Kier molecular flexibility index (Phi) is 3.39. The summed E-state index contributed by atoms with van der Waals surface area (Å²) in [6.07, 6.45) is 4.97. The fourth-order valence-electron chi connectivity index (χ4n) is 2.53. The van der Waals surface area contributed by atoms with Crippen molar-refractivity contribution in [1.29, 1.82) is 0 Å². The summed E-state index contributed by atoms with van der Waals surface area (Å²) >= 11 is 5.63. The fourth-order valence-corrected chi connectivity index (χ4v) is 2.67. The van der Waals surface area contributed by atoms with Crippen LogP contribution in [-0.2, 0) is 4.79 Å². The molecule has 2 atom stereocenters. The van der Waals surface area contributed by atoms with E-state index in [0.29, 0.717) is 11.8 Å². The third-order valence-electron chi connectivity index (χ3n) is 3.55. The Morgan fingerprint density at radius 2 is 1.85 bits per heavy atom. The van der Waals surface area contributed by atoms with Crippen LogP contribution in [0.5, 0.6) is 0 Å². The molecule has 0 aromatic heterocycles. The van der Waals surface area contributed by atoms with Crippen LogP contribution in [0.4, 0.5) is 0 Å². The molecule has 13 heavy (non-hydrogen) atoms. The molecule has 0 aliphatic heterocycles. The summed E-state index contributed by atoms with van der Waals surface area (Å²) in [5.41, 5.74) is -0.332. The maximum Gasteiger partial charge on any atom is 0.227 e. The fraction of sp³-hybridized carbons (Fsp3) is 0.909. The normalized spacial score (nSPS) is 30.2. The molecule has 1 aliphatic carbocycles. The summed E-state index contributed by atoms with van der Waals surface area (Å²) in [4.78, 5) is 11.3. The Morgan fingerprint density at radius 3 is 2.31 bits per heavy atom. The number of rotatable bonds is 2. The lowest BCUT2D eigenvalue weighted by molar-refractivity contribution is -0.123. The van der Waals surface area contributed by atoms with E-state index in [9.17, 15) is 4.79 Å². The number of carbonyl (C=O) groups is 1. The molecule has 0 saturated heterocycles. The first-order valence-corrected chi connectivity index (χ1v) is 5.54. The SMILES string of the molecule is CC1CCCCC1C(C)(C)C(=O)Cl. The van der Waals surface area contributed by atoms with Gasteiger partial charge in [-0.25, -0.2) is 0 Å². The van der Waals surface area contributed by atoms with Crippen LogP contribution in [0.25, 0.3) is 0 Å². The minimum absolute atomic E-state index is 0.175. The quantitative estimate of drug-likeness (QED) is 0.626.